The van der Waals surface area contributed by atoms with Gasteiger partial charge in [-0.15, -0.1) is 0 Å². The standard InChI is InChI=1S/C12H7BrF5N3OS/c13-5-3(1-4(14)6(15)7(5)16)2-20-11(22)9-8(10(17)18)21-12(19)23-9/h1,10H,2H2,(H2,19,21)(H,20,22). The van der Waals surface area contributed by atoms with E-state index in [1.807, 2.05) is 0 Å². The molecule has 0 atom stereocenters. The third-order valence-electron chi connectivity index (χ3n) is 2.70. The fraction of sp³-hybridized carbons (Fsp3) is 0.167. The van der Waals surface area contributed by atoms with Gasteiger partial charge in [0.1, 0.15) is 10.6 Å². The summed E-state index contributed by atoms with van der Waals surface area (Å²) < 4.78 is 64.6. The lowest BCUT2D eigenvalue weighted by Crippen LogP contribution is -2.23. The van der Waals surface area contributed by atoms with Crippen LogP contribution in [0.5, 0.6) is 0 Å². The van der Waals surface area contributed by atoms with Gasteiger partial charge in [0.05, 0.1) is 4.47 Å². The molecule has 1 aromatic heterocycles. The van der Waals surface area contributed by atoms with E-state index in [2.05, 4.69) is 26.2 Å². The zero-order valence-corrected chi connectivity index (χ0v) is 13.4. The molecule has 1 heterocycles. The predicted molar refractivity (Wildman–Crippen MR) is 76.7 cm³/mol. The summed E-state index contributed by atoms with van der Waals surface area (Å²) in [5, 5.41) is 1.98. The van der Waals surface area contributed by atoms with Crippen LogP contribution in [-0.2, 0) is 6.54 Å². The number of aromatic nitrogens is 1. The van der Waals surface area contributed by atoms with E-state index in [-0.39, 0.29) is 15.2 Å². The van der Waals surface area contributed by atoms with Crippen molar-refractivity contribution < 1.29 is 26.7 Å². The maximum absolute atomic E-state index is 13.4. The van der Waals surface area contributed by atoms with E-state index in [9.17, 15) is 26.7 Å². The number of nitrogens with zero attached hydrogens (tertiary/aromatic N) is 1. The zero-order chi connectivity index (χ0) is 17.3. The molecule has 2 aromatic rings. The van der Waals surface area contributed by atoms with E-state index in [0.717, 1.165) is 0 Å². The minimum Gasteiger partial charge on any atom is -0.375 e. The van der Waals surface area contributed by atoms with Gasteiger partial charge in [-0.2, -0.15) is 0 Å². The molecular weight excluding hydrogens is 409 g/mol. The fourth-order valence-electron chi connectivity index (χ4n) is 1.67. The Morgan fingerprint density at radius 1 is 1.35 bits per heavy atom. The molecule has 0 spiro atoms. The third-order valence-corrected chi connectivity index (χ3v) is 4.46. The lowest BCUT2D eigenvalue weighted by atomic mass is 10.2. The molecule has 11 heteroatoms. The second kappa shape index (κ2) is 6.79. The number of benzene rings is 1. The van der Waals surface area contributed by atoms with Crippen LogP contribution in [0.15, 0.2) is 10.5 Å². The average Bonchev–Trinajstić information content (AvgIpc) is 2.89. The Hall–Kier alpha value is -1.75. The number of halogens is 6. The number of hydrogen-bond acceptors (Lipinski definition) is 4. The summed E-state index contributed by atoms with van der Waals surface area (Å²) in [5.41, 5.74) is 4.41. The summed E-state index contributed by atoms with van der Waals surface area (Å²) >= 11 is 3.28. The number of thiazole rings is 1. The lowest BCUT2D eigenvalue weighted by molar-refractivity contribution is 0.0940. The van der Waals surface area contributed by atoms with E-state index >= 15 is 0 Å². The van der Waals surface area contributed by atoms with Gasteiger partial charge in [-0.1, -0.05) is 11.3 Å². The van der Waals surface area contributed by atoms with Gasteiger partial charge < -0.3 is 11.1 Å². The number of rotatable bonds is 4. The minimum absolute atomic E-state index is 0.106. The number of anilines is 1. The van der Waals surface area contributed by atoms with Crippen LogP contribution in [0, 0.1) is 17.5 Å². The summed E-state index contributed by atoms with van der Waals surface area (Å²) in [4.78, 5) is 14.8. The molecule has 4 nitrogen and oxygen atoms in total. The molecule has 1 amide bonds. The van der Waals surface area contributed by atoms with Gasteiger partial charge in [0.25, 0.3) is 12.3 Å². The maximum Gasteiger partial charge on any atom is 0.282 e. The number of nitrogens with one attached hydrogen (secondary N) is 1. The Bertz CT molecular complexity index is 768. The molecule has 0 aliphatic carbocycles. The Labute approximate surface area is 138 Å². The highest BCUT2D eigenvalue weighted by Gasteiger charge is 2.24. The Morgan fingerprint density at radius 3 is 2.61 bits per heavy atom. The monoisotopic (exact) mass is 415 g/mol. The third kappa shape index (κ3) is 3.61. The molecule has 124 valence electrons. The second-order valence-corrected chi connectivity index (χ2v) is 6.03. The average molecular weight is 416 g/mol. The summed E-state index contributed by atoms with van der Waals surface area (Å²) in [6, 6.07) is 0.678. The first-order valence-electron chi connectivity index (χ1n) is 5.86. The molecule has 0 aliphatic rings. The summed E-state index contributed by atoms with van der Waals surface area (Å²) in [6.07, 6.45) is -3.00. The van der Waals surface area contributed by atoms with Gasteiger partial charge in [-0.05, 0) is 27.6 Å². The first kappa shape index (κ1) is 17.6. The number of hydrogen-bond donors (Lipinski definition) is 2. The van der Waals surface area contributed by atoms with Crippen LogP contribution in [0.3, 0.4) is 0 Å². The van der Waals surface area contributed by atoms with Crippen LogP contribution < -0.4 is 11.1 Å². The first-order chi connectivity index (χ1) is 10.7. The van der Waals surface area contributed by atoms with E-state index in [1.54, 1.807) is 0 Å². The highest BCUT2D eigenvalue weighted by Crippen LogP contribution is 2.29. The number of alkyl halides is 2. The molecule has 0 saturated carbocycles. The van der Waals surface area contributed by atoms with Crippen molar-refractivity contribution in [2.45, 2.75) is 13.0 Å². The smallest absolute Gasteiger partial charge is 0.282 e. The van der Waals surface area contributed by atoms with Gasteiger partial charge >= 0.3 is 0 Å². The van der Waals surface area contributed by atoms with Crippen LogP contribution in [-0.4, -0.2) is 10.9 Å². The van der Waals surface area contributed by atoms with E-state index in [1.165, 1.54) is 0 Å². The fourth-order valence-corrected chi connectivity index (χ4v) is 2.85. The van der Waals surface area contributed by atoms with Gasteiger partial charge in [-0.25, -0.2) is 26.9 Å². The van der Waals surface area contributed by atoms with Crippen molar-refractivity contribution in [3.05, 3.63) is 44.1 Å². The van der Waals surface area contributed by atoms with Crippen molar-refractivity contribution in [2.24, 2.45) is 0 Å². The van der Waals surface area contributed by atoms with Crippen molar-refractivity contribution in [1.82, 2.24) is 10.3 Å². The Kier molecular flexibility index (Phi) is 5.19. The topological polar surface area (TPSA) is 68.0 Å². The molecule has 1 aromatic carbocycles. The van der Waals surface area contributed by atoms with Crippen LogP contribution >= 0.6 is 27.3 Å². The second-order valence-electron chi connectivity index (χ2n) is 4.21. The van der Waals surface area contributed by atoms with Crippen molar-refractivity contribution in [3.8, 4) is 0 Å². The van der Waals surface area contributed by atoms with Crippen LogP contribution in [0.25, 0.3) is 0 Å². The van der Waals surface area contributed by atoms with Crippen molar-refractivity contribution in [1.29, 1.82) is 0 Å². The number of nitrogens with two attached hydrogens (primary N) is 1. The molecule has 3 N–H and O–H groups in total. The highest BCUT2D eigenvalue weighted by atomic mass is 79.9. The Balaban J connectivity index is 2.20. The zero-order valence-electron chi connectivity index (χ0n) is 11.0. The molecule has 2 rings (SSSR count). The Morgan fingerprint density at radius 2 is 2.00 bits per heavy atom. The highest BCUT2D eigenvalue weighted by molar-refractivity contribution is 9.10. The van der Waals surface area contributed by atoms with Crippen LogP contribution in [0.4, 0.5) is 27.1 Å². The van der Waals surface area contributed by atoms with Gasteiger partial charge in [0.2, 0.25) is 0 Å². The molecule has 0 fully saturated rings. The summed E-state index contributed by atoms with van der Waals surface area (Å²) in [6.45, 7) is -0.423. The van der Waals surface area contributed by atoms with E-state index < -0.39 is 46.9 Å². The minimum atomic E-state index is -3.00. The number of nitrogen functional groups attached to an aromatic ring is 1. The normalized spacial score (nSPS) is 11.1. The lowest BCUT2D eigenvalue weighted by Gasteiger charge is -2.09. The molecular formula is C12H7BrF5N3OS. The van der Waals surface area contributed by atoms with Crippen LogP contribution in [0.1, 0.15) is 27.4 Å². The molecule has 23 heavy (non-hydrogen) atoms. The van der Waals surface area contributed by atoms with Gasteiger partial charge in [0.15, 0.2) is 22.6 Å². The molecule has 0 bridgehead atoms. The van der Waals surface area contributed by atoms with Gasteiger partial charge in [-0.3, -0.25) is 4.79 Å². The van der Waals surface area contributed by atoms with Crippen molar-refractivity contribution in [2.75, 3.05) is 5.73 Å². The number of amides is 1. The molecule has 0 radical (unpaired) electrons. The quantitative estimate of drug-likeness (QED) is 0.453. The van der Waals surface area contributed by atoms with Crippen molar-refractivity contribution >= 4 is 38.3 Å². The summed E-state index contributed by atoms with van der Waals surface area (Å²) in [7, 11) is 0. The summed E-state index contributed by atoms with van der Waals surface area (Å²) in [5.74, 6) is -5.50. The maximum atomic E-state index is 13.4. The molecule has 0 saturated heterocycles. The number of carbonyl (C=O) groups is 1. The predicted octanol–water partition coefficient (Wildman–Crippen LogP) is 3.77. The van der Waals surface area contributed by atoms with Gasteiger partial charge in [0, 0.05) is 6.54 Å². The SMILES string of the molecule is Nc1nc(C(F)F)c(C(=O)NCc2cc(F)c(F)c(F)c2Br)s1. The number of carbonyl (C=O) groups excluding carboxylic acids is 1. The van der Waals surface area contributed by atoms with Crippen LogP contribution in [0.2, 0.25) is 0 Å². The van der Waals surface area contributed by atoms with E-state index in [0.29, 0.717) is 17.4 Å². The molecule has 0 aliphatic heterocycles. The van der Waals surface area contributed by atoms with E-state index in [4.69, 9.17) is 5.73 Å². The first-order valence-corrected chi connectivity index (χ1v) is 7.47. The van der Waals surface area contributed by atoms with Crippen molar-refractivity contribution in [3.63, 3.8) is 0 Å². The largest absolute Gasteiger partial charge is 0.375 e. The molecule has 0 unspecified atom stereocenters.